The molecule has 11 heteroatoms. The van der Waals surface area contributed by atoms with Crippen molar-refractivity contribution in [3.63, 3.8) is 0 Å². The van der Waals surface area contributed by atoms with Gasteiger partial charge in [-0.2, -0.15) is 0 Å². The highest BCUT2D eigenvalue weighted by atomic mass is 16.5. The highest BCUT2D eigenvalue weighted by molar-refractivity contribution is 5.99. The van der Waals surface area contributed by atoms with Crippen LogP contribution in [0.5, 0.6) is 5.75 Å². The summed E-state index contributed by atoms with van der Waals surface area (Å²) in [5.41, 5.74) is 5.10. The molecule has 1 saturated carbocycles. The molecule has 0 spiro atoms. The summed E-state index contributed by atoms with van der Waals surface area (Å²) in [6.45, 7) is 5.55. The molecule has 3 aliphatic heterocycles. The number of benzene rings is 2. The van der Waals surface area contributed by atoms with Crippen LogP contribution in [-0.4, -0.2) is 110 Å². The van der Waals surface area contributed by atoms with Gasteiger partial charge in [0.2, 0.25) is 11.8 Å². The zero-order valence-electron chi connectivity index (χ0n) is 27.7. The Hall–Kier alpha value is -4.09. The molecule has 1 N–H and O–H groups in total. The maximum absolute atomic E-state index is 13.8. The summed E-state index contributed by atoms with van der Waals surface area (Å²) in [4.78, 5) is 45.3. The second kappa shape index (κ2) is 14.6. The van der Waals surface area contributed by atoms with Crippen LogP contribution < -0.4 is 9.64 Å². The van der Waals surface area contributed by atoms with E-state index in [0.29, 0.717) is 83.1 Å². The molecule has 4 aliphatic rings. The second-order valence-electron chi connectivity index (χ2n) is 13.3. The van der Waals surface area contributed by atoms with Crippen molar-refractivity contribution in [2.24, 2.45) is 0 Å². The molecule has 1 aromatic heterocycles. The molecule has 1 aliphatic carbocycles. The number of hydrogen-bond acceptors (Lipinski definition) is 7. The van der Waals surface area contributed by atoms with Crippen molar-refractivity contribution in [1.29, 1.82) is 0 Å². The van der Waals surface area contributed by atoms with Gasteiger partial charge in [-0.15, -0.1) is 0 Å². The predicted octanol–water partition coefficient (Wildman–Crippen LogP) is 4.75. The number of rotatable bonds is 7. The van der Waals surface area contributed by atoms with E-state index < -0.39 is 5.97 Å². The fourth-order valence-corrected chi connectivity index (χ4v) is 7.93. The van der Waals surface area contributed by atoms with Crippen LogP contribution in [0.4, 0.5) is 5.69 Å². The molecule has 256 valence electrons. The molecule has 48 heavy (non-hydrogen) atoms. The van der Waals surface area contributed by atoms with E-state index in [1.54, 1.807) is 12.1 Å². The Bertz CT molecular complexity index is 1610. The van der Waals surface area contributed by atoms with Crippen LogP contribution in [0, 0.1) is 0 Å². The number of ether oxygens (including phenoxy) is 3. The van der Waals surface area contributed by atoms with Gasteiger partial charge in [0.1, 0.15) is 6.61 Å². The maximum Gasteiger partial charge on any atom is 0.335 e. The highest BCUT2D eigenvalue weighted by Gasteiger charge is 2.33. The molecule has 2 aromatic carbocycles. The van der Waals surface area contributed by atoms with E-state index in [1.165, 1.54) is 12.0 Å². The number of carbonyl (C=O) groups is 3. The van der Waals surface area contributed by atoms with Crippen LogP contribution in [0.15, 0.2) is 36.4 Å². The number of carboxylic acid groups (broad SMARTS) is 1. The van der Waals surface area contributed by atoms with Crippen molar-refractivity contribution in [3.05, 3.63) is 47.5 Å². The standard InChI is InChI=1S/C37H46N4O7/c42-32(38-13-5-18-46-20-15-38)24-40(25-33(43)39-14-6-19-47-21-16-39)30-10-4-9-29-35-34(26-7-2-1-3-8-26)28-12-11-27(37(44)45)23-31(28)41(35)17-22-48-36(29)30/h4,9-12,23,26H,1-3,5-8,13-22,24-25H2,(H,44,45). The van der Waals surface area contributed by atoms with Crippen molar-refractivity contribution in [1.82, 2.24) is 14.4 Å². The summed E-state index contributed by atoms with van der Waals surface area (Å²) in [6, 6.07) is 11.5. The van der Waals surface area contributed by atoms with E-state index in [0.717, 1.165) is 60.7 Å². The van der Waals surface area contributed by atoms with E-state index >= 15 is 0 Å². The molecule has 0 bridgehead atoms. The fraction of sp³-hybridized carbons (Fsp3) is 0.541. The van der Waals surface area contributed by atoms with Crippen LogP contribution in [0.2, 0.25) is 0 Å². The average molecular weight is 659 g/mol. The summed E-state index contributed by atoms with van der Waals surface area (Å²) < 4.78 is 20.1. The van der Waals surface area contributed by atoms with Gasteiger partial charge in [0.25, 0.3) is 0 Å². The van der Waals surface area contributed by atoms with E-state index in [2.05, 4.69) is 10.6 Å². The molecular weight excluding hydrogens is 612 g/mol. The van der Waals surface area contributed by atoms with Gasteiger partial charge in [-0.3, -0.25) is 9.59 Å². The van der Waals surface area contributed by atoms with Crippen molar-refractivity contribution in [3.8, 4) is 17.0 Å². The van der Waals surface area contributed by atoms with E-state index in [-0.39, 0.29) is 30.5 Å². The lowest BCUT2D eigenvalue weighted by atomic mass is 9.81. The Balaban J connectivity index is 1.33. The fourth-order valence-electron chi connectivity index (χ4n) is 7.93. The minimum absolute atomic E-state index is 0.0380. The Morgan fingerprint density at radius 2 is 1.46 bits per heavy atom. The van der Waals surface area contributed by atoms with Crippen LogP contribution in [0.25, 0.3) is 22.2 Å². The lowest BCUT2D eigenvalue weighted by Crippen LogP contribution is -2.46. The zero-order chi connectivity index (χ0) is 33.0. The number of carbonyl (C=O) groups excluding carboxylic acids is 2. The predicted molar refractivity (Wildman–Crippen MR) is 182 cm³/mol. The van der Waals surface area contributed by atoms with Crippen LogP contribution in [0.1, 0.15) is 66.8 Å². The van der Waals surface area contributed by atoms with Gasteiger partial charge in [-0.25, -0.2) is 4.79 Å². The van der Waals surface area contributed by atoms with Crippen molar-refractivity contribution in [2.45, 2.75) is 57.4 Å². The van der Waals surface area contributed by atoms with E-state index in [4.69, 9.17) is 14.2 Å². The largest absolute Gasteiger partial charge is 0.489 e. The van der Waals surface area contributed by atoms with Crippen LogP contribution in [0.3, 0.4) is 0 Å². The normalized spacial score (nSPS) is 19.0. The number of hydrogen-bond donors (Lipinski definition) is 1. The molecule has 11 nitrogen and oxygen atoms in total. The highest BCUT2D eigenvalue weighted by Crippen LogP contribution is 2.49. The third kappa shape index (κ3) is 6.62. The molecule has 0 unspecified atom stereocenters. The Morgan fingerprint density at radius 3 is 2.12 bits per heavy atom. The summed E-state index contributed by atoms with van der Waals surface area (Å²) in [5.74, 6) is -0.0314. The first-order chi connectivity index (χ1) is 23.5. The lowest BCUT2D eigenvalue weighted by molar-refractivity contribution is -0.130. The van der Waals surface area contributed by atoms with Gasteiger partial charge in [-0.05, 0) is 61.4 Å². The Morgan fingerprint density at radius 1 is 0.771 bits per heavy atom. The zero-order valence-corrected chi connectivity index (χ0v) is 27.7. The van der Waals surface area contributed by atoms with Crippen molar-refractivity contribution >= 4 is 34.4 Å². The number of anilines is 1. The number of aromatic carboxylic acids is 1. The summed E-state index contributed by atoms with van der Waals surface area (Å²) >= 11 is 0. The van der Waals surface area contributed by atoms with E-state index in [9.17, 15) is 19.5 Å². The minimum Gasteiger partial charge on any atom is -0.489 e. The number of fused-ring (bicyclic) bond motifs is 5. The van der Waals surface area contributed by atoms with E-state index in [1.807, 2.05) is 32.9 Å². The SMILES string of the molecule is O=C(O)c1ccc2c(C3CCCCC3)c3n(c2c1)CCOc1c-3cccc1N(CC(=O)N1CCCOCC1)CC(=O)N1CCCOCC1. The number of amides is 2. The molecule has 2 amide bonds. The summed E-state index contributed by atoms with van der Waals surface area (Å²) in [5, 5.41) is 11.0. The number of para-hydroxylation sites is 1. The minimum atomic E-state index is -0.948. The smallest absolute Gasteiger partial charge is 0.335 e. The molecular formula is C37H46N4O7. The number of nitrogens with zero attached hydrogens (tertiary/aromatic N) is 4. The molecule has 3 fully saturated rings. The lowest BCUT2D eigenvalue weighted by Gasteiger charge is -2.31. The monoisotopic (exact) mass is 658 g/mol. The third-order valence-electron chi connectivity index (χ3n) is 10.3. The van der Waals surface area contributed by atoms with Gasteiger partial charge < -0.3 is 38.6 Å². The molecule has 2 saturated heterocycles. The van der Waals surface area contributed by atoms with Crippen molar-refractivity contribution < 1.29 is 33.7 Å². The number of aromatic nitrogens is 1. The summed E-state index contributed by atoms with van der Waals surface area (Å²) in [6.07, 6.45) is 7.26. The van der Waals surface area contributed by atoms with Gasteiger partial charge >= 0.3 is 5.97 Å². The van der Waals surface area contributed by atoms with Crippen LogP contribution in [-0.2, 0) is 25.6 Å². The third-order valence-corrected chi connectivity index (χ3v) is 10.3. The van der Waals surface area contributed by atoms with Gasteiger partial charge in [0.15, 0.2) is 5.75 Å². The second-order valence-corrected chi connectivity index (χ2v) is 13.3. The Kier molecular flexibility index (Phi) is 9.86. The Labute approximate surface area is 281 Å². The first kappa shape index (κ1) is 32.5. The van der Waals surface area contributed by atoms with Gasteiger partial charge in [0.05, 0.1) is 49.8 Å². The quantitative estimate of drug-likeness (QED) is 0.387. The number of carboxylic acids is 1. The first-order valence-corrected chi connectivity index (χ1v) is 17.6. The van der Waals surface area contributed by atoms with Crippen LogP contribution >= 0.6 is 0 Å². The molecule has 0 atom stereocenters. The first-order valence-electron chi connectivity index (χ1n) is 17.6. The maximum atomic E-state index is 13.8. The average Bonchev–Trinajstić information content (AvgIpc) is 3.47. The molecule has 0 radical (unpaired) electrons. The molecule has 7 rings (SSSR count). The molecule has 4 heterocycles. The molecule has 3 aromatic rings. The van der Waals surface area contributed by atoms with Gasteiger partial charge in [-0.1, -0.05) is 31.4 Å². The topological polar surface area (TPSA) is 114 Å². The van der Waals surface area contributed by atoms with Gasteiger partial charge in [0, 0.05) is 55.9 Å². The van der Waals surface area contributed by atoms with Crippen molar-refractivity contribution in [2.75, 3.05) is 77.2 Å². The summed E-state index contributed by atoms with van der Waals surface area (Å²) in [7, 11) is 0.